The molecule has 0 unspecified atom stereocenters. The Bertz CT molecular complexity index is 177. The maximum absolute atomic E-state index is 3.74. The van der Waals surface area contributed by atoms with Gasteiger partial charge in [0.1, 0.15) is 3.70 Å². The zero-order valence-electron chi connectivity index (χ0n) is 4.10. The molecule has 0 aliphatic carbocycles. The van der Waals surface area contributed by atoms with E-state index < -0.39 is 0 Å². The van der Waals surface area contributed by atoms with Gasteiger partial charge >= 0.3 is 0 Å². The Morgan fingerprint density at radius 2 is 2.38 bits per heavy atom. The highest BCUT2D eigenvalue weighted by Crippen LogP contribution is 2.12. The number of hydrogen-bond donors (Lipinski definition) is 0. The van der Waals surface area contributed by atoms with E-state index in [1.807, 2.05) is 7.05 Å². The summed E-state index contributed by atoms with van der Waals surface area (Å²) >= 11 is 5.37. The van der Waals surface area contributed by atoms with E-state index >= 15 is 0 Å². The Morgan fingerprint density at radius 1 is 1.75 bits per heavy atom. The van der Waals surface area contributed by atoms with Crippen LogP contribution in [0.15, 0.2) is 4.60 Å². The van der Waals surface area contributed by atoms with Gasteiger partial charge < -0.3 is 0 Å². The minimum Gasteiger partial charge on any atom is -0.241 e. The first kappa shape index (κ1) is 6.47. The lowest BCUT2D eigenvalue weighted by molar-refractivity contribution is 0.701. The average Bonchev–Trinajstić information content (AvgIpc) is 1.98. The second kappa shape index (κ2) is 2.30. The van der Waals surface area contributed by atoms with Crippen LogP contribution in [-0.4, -0.2) is 15.0 Å². The number of hydrogen-bond acceptors (Lipinski definition) is 2. The predicted molar refractivity (Wildman–Crippen MR) is 41.4 cm³/mol. The van der Waals surface area contributed by atoms with Crippen molar-refractivity contribution in [1.29, 1.82) is 0 Å². The number of halogens is 2. The van der Waals surface area contributed by atoms with Gasteiger partial charge in [-0.15, -0.1) is 5.10 Å². The van der Waals surface area contributed by atoms with E-state index in [1.165, 1.54) is 0 Å². The molecule has 0 aliphatic heterocycles. The summed E-state index contributed by atoms with van der Waals surface area (Å²) in [6, 6.07) is 0. The smallest absolute Gasteiger partial charge is 0.161 e. The molecule has 8 heavy (non-hydrogen) atoms. The summed E-state index contributed by atoms with van der Waals surface area (Å²) in [4.78, 5) is 0. The molecule has 1 heterocycles. The summed E-state index contributed by atoms with van der Waals surface area (Å²) in [5, 5.41) is 7.47. The predicted octanol–water partition coefficient (Wildman–Crippen LogP) is 1.18. The lowest BCUT2D eigenvalue weighted by atomic mass is 10.9. The maximum Gasteiger partial charge on any atom is 0.161 e. The van der Waals surface area contributed by atoms with E-state index in [1.54, 1.807) is 4.68 Å². The SMILES string of the molecule is Cn1nnc(Br)c1I. The standard InChI is InChI=1S/C3H3BrIN3/c1-8-3(5)2(4)6-7-8/h1H3. The summed E-state index contributed by atoms with van der Waals surface area (Å²) in [5.74, 6) is 0. The molecule has 3 nitrogen and oxygen atoms in total. The highest BCUT2D eigenvalue weighted by atomic mass is 127. The highest BCUT2D eigenvalue weighted by Gasteiger charge is 2.00. The van der Waals surface area contributed by atoms with Gasteiger partial charge in [-0.3, -0.25) is 0 Å². The third kappa shape index (κ3) is 1.02. The first-order chi connectivity index (χ1) is 3.72. The van der Waals surface area contributed by atoms with Crippen molar-refractivity contribution < 1.29 is 0 Å². The second-order valence-corrected chi connectivity index (χ2v) is 3.07. The molecule has 0 fully saturated rings. The highest BCUT2D eigenvalue weighted by molar-refractivity contribution is 14.1. The van der Waals surface area contributed by atoms with Gasteiger partial charge in [-0.25, -0.2) is 4.68 Å². The van der Waals surface area contributed by atoms with Crippen LogP contribution in [0.5, 0.6) is 0 Å². The summed E-state index contributed by atoms with van der Waals surface area (Å²) in [6.07, 6.45) is 0. The lowest BCUT2D eigenvalue weighted by Crippen LogP contribution is -1.91. The monoisotopic (exact) mass is 287 g/mol. The first-order valence-corrected chi connectivity index (χ1v) is 3.79. The fraction of sp³-hybridized carbons (Fsp3) is 0.333. The van der Waals surface area contributed by atoms with Crippen molar-refractivity contribution in [2.24, 2.45) is 7.05 Å². The van der Waals surface area contributed by atoms with Gasteiger partial charge in [-0.05, 0) is 38.5 Å². The molecule has 0 atom stereocenters. The van der Waals surface area contributed by atoms with Crippen LogP contribution < -0.4 is 0 Å². The van der Waals surface area contributed by atoms with E-state index in [9.17, 15) is 0 Å². The van der Waals surface area contributed by atoms with E-state index in [2.05, 4.69) is 48.8 Å². The van der Waals surface area contributed by atoms with Gasteiger partial charge in [0.2, 0.25) is 0 Å². The van der Waals surface area contributed by atoms with Crippen LogP contribution in [0, 0.1) is 3.70 Å². The lowest BCUT2D eigenvalue weighted by Gasteiger charge is -1.84. The van der Waals surface area contributed by atoms with Crippen LogP contribution in [0.4, 0.5) is 0 Å². The zero-order chi connectivity index (χ0) is 6.15. The molecular weight excluding hydrogens is 285 g/mol. The van der Waals surface area contributed by atoms with Crippen LogP contribution in [0.2, 0.25) is 0 Å². The molecule has 1 aromatic heterocycles. The first-order valence-electron chi connectivity index (χ1n) is 1.92. The normalized spacial score (nSPS) is 9.88. The molecule has 0 saturated heterocycles. The molecule has 1 rings (SSSR count). The largest absolute Gasteiger partial charge is 0.241 e. The van der Waals surface area contributed by atoms with Crippen molar-refractivity contribution in [2.75, 3.05) is 0 Å². The second-order valence-electron chi connectivity index (χ2n) is 1.29. The Kier molecular flexibility index (Phi) is 1.86. The third-order valence-corrected chi connectivity index (χ3v) is 3.21. The fourth-order valence-corrected chi connectivity index (χ4v) is 0.852. The van der Waals surface area contributed by atoms with Crippen molar-refractivity contribution in [1.82, 2.24) is 15.0 Å². The number of nitrogens with zero attached hydrogens (tertiary/aromatic N) is 3. The molecule has 0 saturated carbocycles. The molecule has 5 heteroatoms. The number of aryl methyl sites for hydroxylation is 1. The average molecular weight is 288 g/mol. The summed E-state index contributed by atoms with van der Waals surface area (Å²) < 4.78 is 3.52. The summed E-state index contributed by atoms with van der Waals surface area (Å²) in [5.41, 5.74) is 0. The zero-order valence-corrected chi connectivity index (χ0v) is 7.84. The maximum atomic E-state index is 3.74. The number of aromatic nitrogens is 3. The molecule has 0 N–H and O–H groups in total. The third-order valence-electron chi connectivity index (χ3n) is 0.721. The molecule has 44 valence electrons. The topological polar surface area (TPSA) is 30.7 Å². The van der Waals surface area contributed by atoms with Crippen molar-refractivity contribution in [3.63, 3.8) is 0 Å². The van der Waals surface area contributed by atoms with Gasteiger partial charge in [-0.2, -0.15) is 0 Å². The Labute approximate surface area is 68.7 Å². The van der Waals surface area contributed by atoms with E-state index in [4.69, 9.17) is 0 Å². The molecule has 0 aliphatic rings. The van der Waals surface area contributed by atoms with E-state index in [0.29, 0.717) is 0 Å². The summed E-state index contributed by atoms with van der Waals surface area (Å²) in [6.45, 7) is 0. The Hall–Kier alpha value is 0.350. The van der Waals surface area contributed by atoms with Crippen LogP contribution in [-0.2, 0) is 7.05 Å². The minimum atomic E-state index is 0.806. The molecular formula is C3H3BrIN3. The molecule has 1 aromatic rings. The quantitative estimate of drug-likeness (QED) is 0.671. The van der Waals surface area contributed by atoms with E-state index in [-0.39, 0.29) is 0 Å². The van der Waals surface area contributed by atoms with Gasteiger partial charge in [0.15, 0.2) is 4.60 Å². The van der Waals surface area contributed by atoms with Crippen LogP contribution in [0.1, 0.15) is 0 Å². The van der Waals surface area contributed by atoms with Gasteiger partial charge in [0, 0.05) is 7.05 Å². The minimum absolute atomic E-state index is 0.806. The summed E-state index contributed by atoms with van der Waals surface area (Å²) in [7, 11) is 1.85. The molecule has 0 amide bonds. The van der Waals surface area contributed by atoms with Crippen LogP contribution >= 0.6 is 38.5 Å². The van der Waals surface area contributed by atoms with Crippen LogP contribution in [0.3, 0.4) is 0 Å². The molecule has 0 bridgehead atoms. The number of rotatable bonds is 0. The Morgan fingerprint density at radius 3 is 2.50 bits per heavy atom. The Balaban J connectivity index is 3.19. The van der Waals surface area contributed by atoms with E-state index in [0.717, 1.165) is 8.30 Å². The molecule has 0 aromatic carbocycles. The fourth-order valence-electron chi connectivity index (χ4n) is 0.320. The van der Waals surface area contributed by atoms with Gasteiger partial charge in [-0.1, -0.05) is 5.21 Å². The molecule has 0 radical (unpaired) electrons. The van der Waals surface area contributed by atoms with Gasteiger partial charge in [0.25, 0.3) is 0 Å². The molecule has 0 spiro atoms. The van der Waals surface area contributed by atoms with Crippen molar-refractivity contribution in [3.05, 3.63) is 8.30 Å². The van der Waals surface area contributed by atoms with Crippen LogP contribution in [0.25, 0.3) is 0 Å². The van der Waals surface area contributed by atoms with Crippen molar-refractivity contribution in [2.45, 2.75) is 0 Å². The van der Waals surface area contributed by atoms with Crippen molar-refractivity contribution in [3.8, 4) is 0 Å². The van der Waals surface area contributed by atoms with Gasteiger partial charge in [0.05, 0.1) is 0 Å². The van der Waals surface area contributed by atoms with Crippen molar-refractivity contribution >= 4 is 38.5 Å².